The molecule has 2 heterocycles. The van der Waals surface area contributed by atoms with Gasteiger partial charge in [0.15, 0.2) is 5.82 Å². The molecule has 5 nitrogen and oxygen atoms in total. The minimum absolute atomic E-state index is 0.0399. The van der Waals surface area contributed by atoms with E-state index in [0.29, 0.717) is 31.7 Å². The molecule has 3 aromatic rings. The highest BCUT2D eigenvalue weighted by atomic mass is 19.4. The van der Waals surface area contributed by atoms with E-state index >= 15 is 0 Å². The SMILES string of the molecule is CC(NC1CCN(c2c(F)cccc2C(F)F)CC1)c1cn(C)nc1NCc1ccccc1C(F)(F)F. The number of aryl methyl sites for hydroxylation is 1. The number of hydrogen-bond acceptors (Lipinski definition) is 4. The summed E-state index contributed by atoms with van der Waals surface area (Å²) in [5.74, 6) is -0.180. The average molecular weight is 526 g/mol. The zero-order chi connectivity index (χ0) is 26.7. The van der Waals surface area contributed by atoms with E-state index in [4.69, 9.17) is 0 Å². The first-order valence-corrected chi connectivity index (χ1v) is 12.0. The highest BCUT2D eigenvalue weighted by Crippen LogP contribution is 2.35. The number of rotatable bonds is 8. The summed E-state index contributed by atoms with van der Waals surface area (Å²) >= 11 is 0. The zero-order valence-corrected chi connectivity index (χ0v) is 20.5. The first kappa shape index (κ1) is 26.8. The largest absolute Gasteiger partial charge is 0.416 e. The first-order valence-electron chi connectivity index (χ1n) is 12.0. The van der Waals surface area contributed by atoms with Crippen molar-refractivity contribution in [2.45, 2.75) is 51.0 Å². The summed E-state index contributed by atoms with van der Waals surface area (Å²) in [6, 6.07) is 9.00. The molecule has 0 aliphatic carbocycles. The van der Waals surface area contributed by atoms with Crippen LogP contribution in [0.2, 0.25) is 0 Å². The smallest absolute Gasteiger partial charge is 0.369 e. The van der Waals surface area contributed by atoms with Crippen LogP contribution in [0.3, 0.4) is 0 Å². The van der Waals surface area contributed by atoms with E-state index in [9.17, 15) is 26.3 Å². The van der Waals surface area contributed by atoms with Crippen LogP contribution in [0.4, 0.5) is 37.8 Å². The van der Waals surface area contributed by atoms with Crippen molar-refractivity contribution in [3.8, 4) is 0 Å². The van der Waals surface area contributed by atoms with Gasteiger partial charge in [0.05, 0.1) is 11.3 Å². The number of nitrogens with zero attached hydrogens (tertiary/aromatic N) is 3. The predicted octanol–water partition coefficient (Wildman–Crippen LogP) is 6.45. The number of nitrogens with one attached hydrogen (secondary N) is 2. The Bertz CT molecular complexity index is 1200. The van der Waals surface area contributed by atoms with E-state index in [1.807, 2.05) is 6.92 Å². The number of alkyl halides is 5. The summed E-state index contributed by atoms with van der Waals surface area (Å²) in [4.78, 5) is 1.66. The number of halogens is 6. The molecule has 1 aromatic heterocycles. The second kappa shape index (κ2) is 11.0. The Morgan fingerprint density at radius 2 is 1.73 bits per heavy atom. The second-order valence-corrected chi connectivity index (χ2v) is 9.24. The minimum atomic E-state index is -4.45. The molecule has 1 aliphatic heterocycles. The molecule has 0 bridgehead atoms. The van der Waals surface area contributed by atoms with Crippen LogP contribution in [0.25, 0.3) is 0 Å². The third-order valence-corrected chi connectivity index (χ3v) is 6.64. The van der Waals surface area contributed by atoms with Gasteiger partial charge in [0.2, 0.25) is 0 Å². The lowest BCUT2D eigenvalue weighted by molar-refractivity contribution is -0.138. The van der Waals surface area contributed by atoms with Crippen LogP contribution < -0.4 is 15.5 Å². The molecule has 0 spiro atoms. The van der Waals surface area contributed by atoms with Crippen LogP contribution in [0.5, 0.6) is 0 Å². The van der Waals surface area contributed by atoms with Gasteiger partial charge in [-0.3, -0.25) is 4.68 Å². The summed E-state index contributed by atoms with van der Waals surface area (Å²) in [5, 5.41) is 10.9. The van der Waals surface area contributed by atoms with E-state index < -0.39 is 24.0 Å². The summed E-state index contributed by atoms with van der Waals surface area (Å²) < 4.78 is 82.9. The number of aromatic nitrogens is 2. The molecule has 0 amide bonds. The Morgan fingerprint density at radius 1 is 1.03 bits per heavy atom. The van der Waals surface area contributed by atoms with Crippen LogP contribution in [-0.4, -0.2) is 28.9 Å². The maximum atomic E-state index is 14.4. The van der Waals surface area contributed by atoms with Gasteiger partial charge in [0.1, 0.15) is 5.82 Å². The van der Waals surface area contributed by atoms with E-state index in [0.717, 1.165) is 11.6 Å². The van der Waals surface area contributed by atoms with Crippen molar-refractivity contribution in [1.29, 1.82) is 0 Å². The van der Waals surface area contributed by atoms with Gasteiger partial charge in [-0.1, -0.05) is 30.3 Å². The summed E-state index contributed by atoms with van der Waals surface area (Å²) in [7, 11) is 1.73. The topological polar surface area (TPSA) is 45.1 Å². The predicted molar refractivity (Wildman–Crippen MR) is 130 cm³/mol. The molecular formula is C26H29F6N5. The molecule has 0 radical (unpaired) electrons. The lowest BCUT2D eigenvalue weighted by Gasteiger charge is -2.36. The Labute approximate surface area is 211 Å². The number of para-hydroxylation sites is 1. The van der Waals surface area contributed by atoms with Crippen molar-refractivity contribution < 1.29 is 26.3 Å². The fourth-order valence-corrected chi connectivity index (χ4v) is 4.85. The molecule has 200 valence electrons. The summed E-state index contributed by atoms with van der Waals surface area (Å²) in [5.41, 5.74) is -0.123. The van der Waals surface area contributed by atoms with E-state index in [-0.39, 0.29) is 35.4 Å². The van der Waals surface area contributed by atoms with E-state index in [2.05, 4.69) is 15.7 Å². The molecule has 1 atom stereocenters. The van der Waals surface area contributed by atoms with E-state index in [1.54, 1.807) is 28.9 Å². The molecule has 37 heavy (non-hydrogen) atoms. The first-order chi connectivity index (χ1) is 17.5. The van der Waals surface area contributed by atoms with Crippen LogP contribution in [-0.2, 0) is 19.8 Å². The molecule has 4 rings (SSSR count). The monoisotopic (exact) mass is 525 g/mol. The van der Waals surface area contributed by atoms with Crippen LogP contribution in [0.1, 0.15) is 54.5 Å². The van der Waals surface area contributed by atoms with Crippen molar-refractivity contribution in [3.05, 3.63) is 76.7 Å². The summed E-state index contributed by atoms with van der Waals surface area (Å²) in [6.07, 6.45) is -4.18. The molecule has 1 fully saturated rings. The average Bonchev–Trinajstić information content (AvgIpc) is 3.23. The van der Waals surface area contributed by atoms with Crippen molar-refractivity contribution >= 4 is 11.5 Å². The van der Waals surface area contributed by atoms with Gasteiger partial charge in [0, 0.05) is 56.1 Å². The van der Waals surface area contributed by atoms with E-state index in [1.165, 1.54) is 30.3 Å². The minimum Gasteiger partial charge on any atom is -0.369 e. The Balaban J connectivity index is 1.40. The quantitative estimate of drug-likeness (QED) is 0.332. The fraction of sp³-hybridized carbons (Fsp3) is 0.423. The molecule has 2 N–H and O–H groups in total. The zero-order valence-electron chi connectivity index (χ0n) is 20.5. The van der Waals surface area contributed by atoms with Gasteiger partial charge in [-0.2, -0.15) is 18.3 Å². The Kier molecular flexibility index (Phi) is 8.01. The lowest BCUT2D eigenvalue weighted by atomic mass is 10.0. The highest BCUT2D eigenvalue weighted by Gasteiger charge is 2.33. The lowest BCUT2D eigenvalue weighted by Crippen LogP contribution is -2.44. The van der Waals surface area contributed by atoms with Crippen molar-refractivity contribution in [2.24, 2.45) is 7.05 Å². The van der Waals surface area contributed by atoms with Gasteiger partial charge in [-0.25, -0.2) is 13.2 Å². The van der Waals surface area contributed by atoms with Crippen molar-refractivity contribution in [2.75, 3.05) is 23.3 Å². The normalized spacial score (nSPS) is 15.9. The summed E-state index contributed by atoms with van der Waals surface area (Å²) in [6.45, 7) is 2.72. The Hall–Kier alpha value is -3.21. The van der Waals surface area contributed by atoms with Gasteiger partial charge in [0.25, 0.3) is 6.43 Å². The molecule has 0 saturated carbocycles. The molecule has 1 unspecified atom stereocenters. The standard InChI is InChI=1S/C26H29F6N5/c1-16(34-18-10-12-37(13-11-18)23-19(24(28)29)7-5-9-22(23)27)20-15-36(2)35-25(20)33-14-17-6-3-4-8-21(17)26(30,31)32/h3-9,15-16,18,24,34H,10-14H2,1-2H3,(H,33,35). The number of hydrogen-bond donors (Lipinski definition) is 2. The maximum Gasteiger partial charge on any atom is 0.416 e. The number of piperidine rings is 1. The van der Waals surface area contributed by atoms with Gasteiger partial charge >= 0.3 is 6.18 Å². The third-order valence-electron chi connectivity index (χ3n) is 6.64. The molecular weight excluding hydrogens is 496 g/mol. The second-order valence-electron chi connectivity index (χ2n) is 9.24. The number of benzene rings is 2. The van der Waals surface area contributed by atoms with Crippen LogP contribution in [0, 0.1) is 5.82 Å². The maximum absolute atomic E-state index is 14.4. The Morgan fingerprint density at radius 3 is 2.41 bits per heavy atom. The van der Waals surface area contributed by atoms with Crippen molar-refractivity contribution in [3.63, 3.8) is 0 Å². The third kappa shape index (κ3) is 6.20. The van der Waals surface area contributed by atoms with Gasteiger partial charge < -0.3 is 15.5 Å². The fourth-order valence-electron chi connectivity index (χ4n) is 4.85. The molecule has 1 aliphatic rings. The van der Waals surface area contributed by atoms with Crippen LogP contribution >= 0.6 is 0 Å². The molecule has 1 saturated heterocycles. The van der Waals surface area contributed by atoms with Crippen molar-refractivity contribution in [1.82, 2.24) is 15.1 Å². The highest BCUT2D eigenvalue weighted by molar-refractivity contribution is 5.56. The van der Waals surface area contributed by atoms with Crippen LogP contribution in [0.15, 0.2) is 48.7 Å². The number of anilines is 2. The van der Waals surface area contributed by atoms with Gasteiger partial charge in [-0.15, -0.1) is 0 Å². The molecule has 11 heteroatoms. The van der Waals surface area contributed by atoms with Gasteiger partial charge in [-0.05, 0) is 37.5 Å². The molecule has 2 aromatic carbocycles.